The third-order valence-electron chi connectivity index (χ3n) is 6.48. The molecule has 0 heterocycles. The van der Waals surface area contributed by atoms with E-state index < -0.39 is 11.9 Å². The Hall–Kier alpha value is -3.34. The molecule has 2 unspecified atom stereocenters. The molecule has 0 amide bonds. The van der Waals surface area contributed by atoms with E-state index in [1.165, 1.54) is 18.4 Å². The zero-order valence-corrected chi connectivity index (χ0v) is 18.0. The minimum absolute atomic E-state index is 0.0904. The Kier molecular flexibility index (Phi) is 6.74. The fourth-order valence-electron chi connectivity index (χ4n) is 4.76. The molecule has 2 atom stereocenters. The Morgan fingerprint density at radius 3 is 2.47 bits per heavy atom. The zero-order chi connectivity index (χ0) is 22.5. The highest BCUT2D eigenvalue weighted by Crippen LogP contribution is 2.39. The number of rotatable bonds is 8. The molecule has 0 aromatic heterocycles. The van der Waals surface area contributed by atoms with Gasteiger partial charge >= 0.3 is 11.9 Å². The van der Waals surface area contributed by atoms with E-state index >= 15 is 0 Å². The SMILES string of the molecule is O=C(O)CCc1ccccc1OCC1CCCCC1c1ccc2cc(C(=O)O)ccc2c1. The van der Waals surface area contributed by atoms with Crippen molar-refractivity contribution in [2.24, 2.45) is 5.92 Å². The van der Waals surface area contributed by atoms with Gasteiger partial charge in [0.15, 0.2) is 0 Å². The number of hydrogen-bond donors (Lipinski definition) is 2. The number of hydrogen-bond acceptors (Lipinski definition) is 3. The van der Waals surface area contributed by atoms with E-state index in [-0.39, 0.29) is 6.42 Å². The lowest BCUT2D eigenvalue weighted by molar-refractivity contribution is -0.136. The second-order valence-corrected chi connectivity index (χ2v) is 8.59. The molecule has 3 aromatic carbocycles. The Balaban J connectivity index is 1.51. The van der Waals surface area contributed by atoms with Gasteiger partial charge in [-0.25, -0.2) is 4.79 Å². The van der Waals surface area contributed by atoms with Crippen LogP contribution in [0.4, 0.5) is 0 Å². The summed E-state index contributed by atoms with van der Waals surface area (Å²) in [5.41, 5.74) is 2.51. The second-order valence-electron chi connectivity index (χ2n) is 8.59. The molecule has 1 fully saturated rings. The van der Waals surface area contributed by atoms with Crippen LogP contribution in [-0.4, -0.2) is 28.8 Å². The van der Waals surface area contributed by atoms with Crippen LogP contribution >= 0.6 is 0 Å². The van der Waals surface area contributed by atoms with E-state index in [9.17, 15) is 14.7 Å². The van der Waals surface area contributed by atoms with Crippen LogP contribution in [0.5, 0.6) is 5.75 Å². The van der Waals surface area contributed by atoms with E-state index in [4.69, 9.17) is 9.84 Å². The first kappa shape index (κ1) is 21.9. The lowest BCUT2D eigenvalue weighted by Crippen LogP contribution is -2.24. The van der Waals surface area contributed by atoms with E-state index in [1.54, 1.807) is 12.1 Å². The predicted molar refractivity (Wildman–Crippen MR) is 124 cm³/mol. The maximum absolute atomic E-state index is 11.2. The van der Waals surface area contributed by atoms with Crippen molar-refractivity contribution in [2.75, 3.05) is 6.61 Å². The maximum Gasteiger partial charge on any atom is 0.335 e. The van der Waals surface area contributed by atoms with Crippen LogP contribution in [0.3, 0.4) is 0 Å². The number of benzene rings is 3. The summed E-state index contributed by atoms with van der Waals surface area (Å²) in [5, 5.41) is 20.2. The molecule has 2 N–H and O–H groups in total. The van der Waals surface area contributed by atoms with Crippen molar-refractivity contribution in [1.29, 1.82) is 0 Å². The van der Waals surface area contributed by atoms with Crippen LogP contribution < -0.4 is 4.74 Å². The molecule has 4 rings (SSSR count). The third-order valence-corrected chi connectivity index (χ3v) is 6.48. The first-order valence-electron chi connectivity index (χ1n) is 11.2. The Labute approximate surface area is 187 Å². The average Bonchev–Trinajstić information content (AvgIpc) is 2.81. The van der Waals surface area contributed by atoms with Gasteiger partial charge in [-0.15, -0.1) is 0 Å². The predicted octanol–water partition coefficient (Wildman–Crippen LogP) is 5.91. The van der Waals surface area contributed by atoms with Crippen LogP contribution in [0.2, 0.25) is 0 Å². The summed E-state index contributed by atoms with van der Waals surface area (Å²) in [6.45, 7) is 0.602. The number of aliphatic carboxylic acids is 1. The van der Waals surface area contributed by atoms with Crippen molar-refractivity contribution in [2.45, 2.75) is 44.4 Å². The minimum atomic E-state index is -0.913. The monoisotopic (exact) mass is 432 g/mol. The topological polar surface area (TPSA) is 83.8 Å². The van der Waals surface area contributed by atoms with Crippen molar-refractivity contribution < 1.29 is 24.5 Å². The molecule has 0 aliphatic heterocycles. The van der Waals surface area contributed by atoms with Gasteiger partial charge < -0.3 is 14.9 Å². The van der Waals surface area contributed by atoms with Gasteiger partial charge in [-0.2, -0.15) is 0 Å². The number of aryl methyl sites for hydroxylation is 1. The largest absolute Gasteiger partial charge is 0.493 e. The smallest absolute Gasteiger partial charge is 0.335 e. The number of carboxylic acids is 2. The number of ether oxygens (including phenoxy) is 1. The summed E-state index contributed by atoms with van der Waals surface area (Å²) in [5.74, 6) is -0.175. The lowest BCUT2D eigenvalue weighted by atomic mass is 9.75. The van der Waals surface area contributed by atoms with Gasteiger partial charge in [0.1, 0.15) is 5.75 Å². The number of para-hydroxylation sites is 1. The maximum atomic E-state index is 11.2. The highest BCUT2D eigenvalue weighted by atomic mass is 16.5. The van der Waals surface area contributed by atoms with E-state index in [0.717, 1.165) is 34.9 Å². The summed E-state index contributed by atoms with van der Waals surface area (Å²) < 4.78 is 6.23. The van der Waals surface area contributed by atoms with Crippen LogP contribution in [0.25, 0.3) is 10.8 Å². The first-order valence-corrected chi connectivity index (χ1v) is 11.2. The molecule has 3 aromatic rings. The molecule has 0 bridgehead atoms. The summed E-state index contributed by atoms with van der Waals surface area (Å²) in [6.07, 6.45) is 5.12. The summed E-state index contributed by atoms with van der Waals surface area (Å²) >= 11 is 0. The van der Waals surface area contributed by atoms with Gasteiger partial charge in [-0.1, -0.05) is 55.3 Å². The molecule has 32 heavy (non-hydrogen) atoms. The zero-order valence-electron chi connectivity index (χ0n) is 18.0. The van der Waals surface area contributed by atoms with Crippen molar-refractivity contribution in [3.05, 3.63) is 77.4 Å². The molecule has 0 spiro atoms. The summed E-state index contributed by atoms with van der Waals surface area (Å²) in [6, 6.07) is 19.3. The van der Waals surface area contributed by atoms with Crippen LogP contribution in [0, 0.1) is 5.92 Å². The van der Waals surface area contributed by atoms with Gasteiger partial charge in [-0.3, -0.25) is 4.79 Å². The van der Waals surface area contributed by atoms with E-state index in [1.807, 2.05) is 36.4 Å². The quantitative estimate of drug-likeness (QED) is 0.462. The fraction of sp³-hybridized carbons (Fsp3) is 0.333. The fourth-order valence-corrected chi connectivity index (χ4v) is 4.76. The number of aromatic carboxylic acids is 1. The van der Waals surface area contributed by atoms with Gasteiger partial charge in [-0.05, 0) is 71.2 Å². The average molecular weight is 433 g/mol. The van der Waals surface area contributed by atoms with Crippen molar-refractivity contribution in [3.8, 4) is 5.75 Å². The van der Waals surface area contributed by atoms with Crippen LogP contribution in [0.15, 0.2) is 60.7 Å². The van der Waals surface area contributed by atoms with Crippen molar-refractivity contribution in [3.63, 3.8) is 0 Å². The van der Waals surface area contributed by atoms with Crippen LogP contribution in [-0.2, 0) is 11.2 Å². The molecular weight excluding hydrogens is 404 g/mol. The normalized spacial score (nSPS) is 18.4. The molecule has 0 saturated heterocycles. The molecule has 166 valence electrons. The number of carboxylic acid groups (broad SMARTS) is 2. The van der Waals surface area contributed by atoms with Crippen LogP contribution in [0.1, 0.15) is 59.5 Å². The molecule has 5 heteroatoms. The van der Waals surface area contributed by atoms with Gasteiger partial charge in [0, 0.05) is 6.42 Å². The molecule has 1 aliphatic rings. The Morgan fingerprint density at radius 2 is 1.66 bits per heavy atom. The van der Waals surface area contributed by atoms with E-state index in [2.05, 4.69) is 12.1 Å². The Bertz CT molecular complexity index is 1120. The molecular formula is C27H28O5. The molecule has 0 radical (unpaired) electrons. The second kappa shape index (κ2) is 9.86. The molecule has 1 aliphatic carbocycles. The van der Waals surface area contributed by atoms with Gasteiger partial charge in [0.05, 0.1) is 12.2 Å². The van der Waals surface area contributed by atoms with Crippen molar-refractivity contribution in [1.82, 2.24) is 0 Å². The van der Waals surface area contributed by atoms with E-state index in [0.29, 0.717) is 30.4 Å². The molecule has 5 nitrogen and oxygen atoms in total. The summed E-state index contributed by atoms with van der Waals surface area (Å²) in [7, 11) is 0. The lowest BCUT2D eigenvalue weighted by Gasteiger charge is -2.32. The number of fused-ring (bicyclic) bond motifs is 1. The highest BCUT2D eigenvalue weighted by Gasteiger charge is 2.27. The minimum Gasteiger partial charge on any atom is -0.493 e. The summed E-state index contributed by atoms with van der Waals surface area (Å²) in [4.78, 5) is 22.2. The highest BCUT2D eigenvalue weighted by molar-refractivity contribution is 5.94. The number of carbonyl (C=O) groups is 2. The van der Waals surface area contributed by atoms with Crippen molar-refractivity contribution >= 4 is 22.7 Å². The third kappa shape index (κ3) is 5.10. The molecule has 1 saturated carbocycles. The van der Waals surface area contributed by atoms with Gasteiger partial charge in [0.2, 0.25) is 0 Å². The standard InChI is InChI=1S/C27H28O5/c28-26(29)14-13-18-5-2-4-8-25(18)32-17-23-6-1-3-7-24(23)21-11-9-20-16-22(27(30)31)12-10-19(20)15-21/h2,4-5,8-12,15-16,23-24H,1,3,6-7,13-14,17H2,(H,28,29)(H,30,31). The first-order chi connectivity index (χ1) is 15.5. The van der Waals surface area contributed by atoms with Gasteiger partial charge in [0.25, 0.3) is 0 Å². The Morgan fingerprint density at radius 1 is 0.906 bits per heavy atom.